The van der Waals surface area contributed by atoms with Gasteiger partial charge in [-0.05, 0) is 18.9 Å². The fraction of sp³-hybridized carbons (Fsp3) is 0.417. The maximum Gasteiger partial charge on any atom is 0.0954 e. The molecule has 14 heavy (non-hydrogen) atoms. The van der Waals surface area contributed by atoms with Crippen molar-refractivity contribution in [3.63, 3.8) is 0 Å². The van der Waals surface area contributed by atoms with Crippen molar-refractivity contribution in [2.75, 3.05) is 0 Å². The van der Waals surface area contributed by atoms with Gasteiger partial charge in [-0.15, -0.1) is 0 Å². The molecule has 0 aliphatic heterocycles. The quantitative estimate of drug-likeness (QED) is 0.788. The molecule has 0 spiro atoms. The molecule has 0 aliphatic rings. The number of hydrogen-bond acceptors (Lipinski definition) is 2. The minimum absolute atomic E-state index is 0.0507. The third kappa shape index (κ3) is 2.86. The molecule has 0 saturated heterocycles. The smallest absolute Gasteiger partial charge is 0.0954 e. The molecule has 0 fully saturated rings. The van der Waals surface area contributed by atoms with Gasteiger partial charge in [0, 0.05) is 6.04 Å². The molecule has 2 nitrogen and oxygen atoms in total. The van der Waals surface area contributed by atoms with Gasteiger partial charge in [0.05, 0.1) is 12.1 Å². The standard InChI is InChI=1S/C12H16N2/c1-3-12(9-13)14-10(2)11-7-5-4-6-8-11/h4-8,10,12,14H,3H2,1-2H3/t10-,12?/m1/s1. The minimum atomic E-state index is -0.0507. The van der Waals surface area contributed by atoms with E-state index in [-0.39, 0.29) is 12.1 Å². The van der Waals surface area contributed by atoms with E-state index in [2.05, 4.69) is 30.4 Å². The lowest BCUT2D eigenvalue weighted by atomic mass is 10.1. The molecule has 0 aliphatic carbocycles. The molecule has 0 bridgehead atoms. The molecule has 1 rings (SSSR count). The van der Waals surface area contributed by atoms with Crippen LogP contribution in [0.1, 0.15) is 31.9 Å². The molecular weight excluding hydrogens is 172 g/mol. The predicted octanol–water partition coefficient (Wildman–Crippen LogP) is 2.64. The molecule has 0 aromatic heterocycles. The Morgan fingerprint density at radius 2 is 2.00 bits per heavy atom. The first-order valence-electron chi connectivity index (χ1n) is 4.98. The zero-order valence-electron chi connectivity index (χ0n) is 8.70. The lowest BCUT2D eigenvalue weighted by molar-refractivity contribution is 0.508. The van der Waals surface area contributed by atoms with Gasteiger partial charge < -0.3 is 0 Å². The second-order valence-corrected chi connectivity index (χ2v) is 3.39. The van der Waals surface area contributed by atoms with Crippen LogP contribution >= 0.6 is 0 Å². The van der Waals surface area contributed by atoms with Gasteiger partial charge in [-0.3, -0.25) is 5.32 Å². The normalized spacial score (nSPS) is 14.4. The van der Waals surface area contributed by atoms with Crippen LogP contribution in [0.4, 0.5) is 0 Å². The maximum absolute atomic E-state index is 8.81. The number of nitriles is 1. The van der Waals surface area contributed by atoms with Crippen molar-refractivity contribution in [1.82, 2.24) is 5.32 Å². The third-order valence-electron chi connectivity index (χ3n) is 2.31. The van der Waals surface area contributed by atoms with Crippen LogP contribution in [0.5, 0.6) is 0 Å². The van der Waals surface area contributed by atoms with Crippen LogP contribution in [0.2, 0.25) is 0 Å². The SMILES string of the molecule is CCC(C#N)N[C@H](C)c1ccccc1. The van der Waals surface area contributed by atoms with E-state index in [0.29, 0.717) is 0 Å². The highest BCUT2D eigenvalue weighted by Crippen LogP contribution is 2.12. The molecule has 74 valence electrons. The highest BCUT2D eigenvalue weighted by Gasteiger charge is 2.09. The average Bonchev–Trinajstić information content (AvgIpc) is 2.26. The molecule has 1 unspecified atom stereocenters. The Hall–Kier alpha value is -1.33. The van der Waals surface area contributed by atoms with E-state index in [4.69, 9.17) is 5.26 Å². The summed E-state index contributed by atoms with van der Waals surface area (Å²) >= 11 is 0. The lowest BCUT2D eigenvalue weighted by Crippen LogP contribution is -2.29. The predicted molar refractivity (Wildman–Crippen MR) is 57.7 cm³/mol. The molecule has 2 atom stereocenters. The number of hydrogen-bond donors (Lipinski definition) is 1. The van der Waals surface area contributed by atoms with Crippen LogP contribution in [0.15, 0.2) is 30.3 Å². The second-order valence-electron chi connectivity index (χ2n) is 3.39. The van der Waals surface area contributed by atoms with Crippen molar-refractivity contribution in [2.45, 2.75) is 32.4 Å². The van der Waals surface area contributed by atoms with Gasteiger partial charge in [0.15, 0.2) is 0 Å². The van der Waals surface area contributed by atoms with Crippen molar-refractivity contribution in [2.24, 2.45) is 0 Å². The Morgan fingerprint density at radius 3 is 2.50 bits per heavy atom. The minimum Gasteiger partial charge on any atom is -0.295 e. The summed E-state index contributed by atoms with van der Waals surface area (Å²) in [4.78, 5) is 0. The molecule has 2 heteroatoms. The Kier molecular flexibility index (Phi) is 4.15. The summed E-state index contributed by atoms with van der Waals surface area (Å²) in [7, 11) is 0. The molecule has 0 radical (unpaired) electrons. The van der Waals surface area contributed by atoms with E-state index in [0.717, 1.165) is 6.42 Å². The third-order valence-corrected chi connectivity index (χ3v) is 2.31. The van der Waals surface area contributed by atoms with Gasteiger partial charge in [0.2, 0.25) is 0 Å². The van der Waals surface area contributed by atoms with Crippen molar-refractivity contribution in [3.05, 3.63) is 35.9 Å². The Morgan fingerprint density at radius 1 is 1.36 bits per heavy atom. The fourth-order valence-corrected chi connectivity index (χ4v) is 1.39. The van der Waals surface area contributed by atoms with Crippen LogP contribution in [0.3, 0.4) is 0 Å². The van der Waals surface area contributed by atoms with Gasteiger partial charge in [0.1, 0.15) is 0 Å². The molecule has 1 aromatic rings. The molecule has 0 saturated carbocycles. The van der Waals surface area contributed by atoms with E-state index in [1.54, 1.807) is 0 Å². The first kappa shape index (κ1) is 10.7. The molecule has 1 aromatic carbocycles. The molecule has 0 heterocycles. The lowest BCUT2D eigenvalue weighted by Gasteiger charge is -2.17. The van der Waals surface area contributed by atoms with E-state index in [1.165, 1.54) is 5.56 Å². The summed E-state index contributed by atoms with van der Waals surface area (Å²) < 4.78 is 0. The van der Waals surface area contributed by atoms with Gasteiger partial charge in [-0.1, -0.05) is 37.3 Å². The number of nitrogens with zero attached hydrogens (tertiary/aromatic N) is 1. The average molecular weight is 188 g/mol. The summed E-state index contributed by atoms with van der Waals surface area (Å²) in [6.07, 6.45) is 0.841. The Labute approximate surface area is 85.6 Å². The number of nitrogens with one attached hydrogen (secondary N) is 1. The van der Waals surface area contributed by atoms with Crippen LogP contribution < -0.4 is 5.32 Å². The van der Waals surface area contributed by atoms with Crippen LogP contribution in [0.25, 0.3) is 0 Å². The van der Waals surface area contributed by atoms with Gasteiger partial charge in [-0.2, -0.15) is 5.26 Å². The summed E-state index contributed by atoms with van der Waals surface area (Å²) in [5.74, 6) is 0. The van der Waals surface area contributed by atoms with E-state index >= 15 is 0 Å². The van der Waals surface area contributed by atoms with Crippen molar-refractivity contribution in [3.8, 4) is 6.07 Å². The van der Waals surface area contributed by atoms with Gasteiger partial charge >= 0.3 is 0 Å². The van der Waals surface area contributed by atoms with Crippen molar-refractivity contribution < 1.29 is 0 Å². The zero-order chi connectivity index (χ0) is 10.4. The Bertz CT molecular complexity index is 300. The first-order chi connectivity index (χ1) is 6.77. The van der Waals surface area contributed by atoms with Gasteiger partial charge in [-0.25, -0.2) is 0 Å². The van der Waals surface area contributed by atoms with Crippen LogP contribution in [-0.2, 0) is 0 Å². The number of benzene rings is 1. The summed E-state index contributed by atoms with van der Waals surface area (Å²) in [6, 6.07) is 12.6. The summed E-state index contributed by atoms with van der Waals surface area (Å²) in [6.45, 7) is 4.09. The highest BCUT2D eigenvalue weighted by molar-refractivity contribution is 5.18. The largest absolute Gasteiger partial charge is 0.295 e. The molecule has 0 amide bonds. The van der Waals surface area contributed by atoms with Crippen molar-refractivity contribution in [1.29, 1.82) is 5.26 Å². The first-order valence-corrected chi connectivity index (χ1v) is 4.98. The maximum atomic E-state index is 8.81. The zero-order valence-corrected chi connectivity index (χ0v) is 8.70. The van der Waals surface area contributed by atoms with E-state index < -0.39 is 0 Å². The molecular formula is C12H16N2. The second kappa shape index (κ2) is 5.41. The van der Waals surface area contributed by atoms with E-state index in [9.17, 15) is 0 Å². The van der Waals surface area contributed by atoms with Crippen molar-refractivity contribution >= 4 is 0 Å². The monoisotopic (exact) mass is 188 g/mol. The molecule has 1 N–H and O–H groups in total. The van der Waals surface area contributed by atoms with Crippen LogP contribution in [0, 0.1) is 11.3 Å². The Balaban J connectivity index is 2.59. The summed E-state index contributed by atoms with van der Waals surface area (Å²) in [5, 5.41) is 12.1. The number of rotatable bonds is 4. The van der Waals surface area contributed by atoms with Gasteiger partial charge in [0.25, 0.3) is 0 Å². The topological polar surface area (TPSA) is 35.8 Å². The van der Waals surface area contributed by atoms with Crippen LogP contribution in [-0.4, -0.2) is 6.04 Å². The fourth-order valence-electron chi connectivity index (χ4n) is 1.39. The van der Waals surface area contributed by atoms with E-state index in [1.807, 2.05) is 25.1 Å². The summed E-state index contributed by atoms with van der Waals surface area (Å²) in [5.41, 5.74) is 1.22. The highest BCUT2D eigenvalue weighted by atomic mass is 14.9.